The number of esters is 2. The number of ether oxygens (including phenoxy) is 2. The summed E-state index contributed by atoms with van der Waals surface area (Å²) in [5.74, 6) is -0.575. The van der Waals surface area contributed by atoms with E-state index in [9.17, 15) is 9.59 Å². The molecular formula is C13H20O4. The van der Waals surface area contributed by atoms with Crippen LogP contribution in [0.2, 0.25) is 0 Å². The summed E-state index contributed by atoms with van der Waals surface area (Å²) < 4.78 is 10.6. The van der Waals surface area contributed by atoms with Gasteiger partial charge in [0.2, 0.25) is 6.10 Å². The molecule has 1 heterocycles. The van der Waals surface area contributed by atoms with E-state index >= 15 is 0 Å². The number of fused-ring (bicyclic) bond motifs is 1. The number of hydrogen-bond acceptors (Lipinski definition) is 4. The van der Waals surface area contributed by atoms with Crippen molar-refractivity contribution in [3.63, 3.8) is 0 Å². The standard InChI is InChI=1S/C13H20O4/c1-4-13(2,3)12(15)17-10-8-6-5-7-9(8)16-11(10)14/h8-10H,4-7H2,1-3H3/t8-,9+,10+/m1/s1. The van der Waals surface area contributed by atoms with Crippen molar-refractivity contribution in [3.8, 4) is 0 Å². The van der Waals surface area contributed by atoms with Crippen LogP contribution in [0.5, 0.6) is 0 Å². The third-order valence-electron chi connectivity index (χ3n) is 4.06. The molecule has 3 atom stereocenters. The minimum Gasteiger partial charge on any atom is -0.459 e. The van der Waals surface area contributed by atoms with Gasteiger partial charge in [-0.3, -0.25) is 4.79 Å². The first kappa shape index (κ1) is 12.4. The fourth-order valence-corrected chi connectivity index (χ4v) is 2.39. The molecule has 2 rings (SSSR count). The molecule has 1 aliphatic carbocycles. The van der Waals surface area contributed by atoms with Crippen LogP contribution in [0.1, 0.15) is 46.5 Å². The van der Waals surface area contributed by atoms with E-state index in [1.165, 1.54) is 0 Å². The SMILES string of the molecule is CCC(C)(C)C(=O)O[C@@H]1C(=O)O[C@H]2CCC[C@H]21. The zero-order chi connectivity index (χ0) is 12.6. The molecule has 0 aromatic rings. The van der Waals surface area contributed by atoms with Crippen LogP contribution < -0.4 is 0 Å². The van der Waals surface area contributed by atoms with Gasteiger partial charge in [-0.05, 0) is 39.5 Å². The highest BCUT2D eigenvalue weighted by atomic mass is 16.6. The lowest BCUT2D eigenvalue weighted by molar-refractivity contribution is -0.169. The van der Waals surface area contributed by atoms with E-state index < -0.39 is 11.5 Å². The van der Waals surface area contributed by atoms with E-state index in [-0.39, 0.29) is 24.0 Å². The first-order chi connectivity index (χ1) is 7.95. The fourth-order valence-electron chi connectivity index (χ4n) is 2.39. The van der Waals surface area contributed by atoms with E-state index in [0.29, 0.717) is 6.42 Å². The highest BCUT2D eigenvalue weighted by Gasteiger charge is 2.50. The van der Waals surface area contributed by atoms with E-state index in [2.05, 4.69) is 0 Å². The Bertz CT molecular complexity index is 334. The minimum atomic E-state index is -0.666. The molecule has 4 nitrogen and oxygen atoms in total. The summed E-state index contributed by atoms with van der Waals surface area (Å²) in [6.07, 6.45) is 2.88. The molecular weight excluding hydrogens is 220 g/mol. The average Bonchev–Trinajstić information content (AvgIpc) is 2.82. The second-order valence-electron chi connectivity index (χ2n) is 5.63. The highest BCUT2D eigenvalue weighted by Crippen LogP contribution is 2.39. The molecule has 1 saturated heterocycles. The molecule has 0 amide bonds. The molecule has 1 saturated carbocycles. The zero-order valence-corrected chi connectivity index (χ0v) is 10.7. The van der Waals surface area contributed by atoms with Crippen LogP contribution in [0, 0.1) is 11.3 Å². The molecule has 96 valence electrons. The number of carbonyl (C=O) groups excluding carboxylic acids is 2. The topological polar surface area (TPSA) is 52.6 Å². The van der Waals surface area contributed by atoms with Crippen molar-refractivity contribution < 1.29 is 19.1 Å². The predicted octanol–water partition coefficient (Wildman–Crippen LogP) is 2.06. The second-order valence-corrected chi connectivity index (χ2v) is 5.63. The maximum absolute atomic E-state index is 12.0. The van der Waals surface area contributed by atoms with E-state index in [4.69, 9.17) is 9.47 Å². The highest BCUT2D eigenvalue weighted by molar-refractivity contribution is 5.83. The third kappa shape index (κ3) is 2.17. The summed E-state index contributed by atoms with van der Waals surface area (Å²) in [7, 11) is 0. The number of rotatable bonds is 3. The van der Waals surface area contributed by atoms with Crippen molar-refractivity contribution in [3.05, 3.63) is 0 Å². The minimum absolute atomic E-state index is 0.0231. The van der Waals surface area contributed by atoms with Gasteiger partial charge in [0.1, 0.15) is 6.10 Å². The Balaban J connectivity index is 2.03. The Morgan fingerprint density at radius 2 is 2.18 bits per heavy atom. The third-order valence-corrected chi connectivity index (χ3v) is 4.06. The number of carbonyl (C=O) groups is 2. The van der Waals surface area contributed by atoms with E-state index in [0.717, 1.165) is 19.3 Å². The van der Waals surface area contributed by atoms with Gasteiger partial charge >= 0.3 is 11.9 Å². The second kappa shape index (κ2) is 4.31. The molecule has 1 aliphatic heterocycles. The van der Waals surface area contributed by atoms with Gasteiger partial charge < -0.3 is 9.47 Å². The number of hydrogen-bond donors (Lipinski definition) is 0. The Labute approximate surface area is 102 Å². The average molecular weight is 240 g/mol. The zero-order valence-electron chi connectivity index (χ0n) is 10.7. The van der Waals surface area contributed by atoms with Gasteiger partial charge in [0.25, 0.3) is 0 Å². The van der Waals surface area contributed by atoms with Gasteiger partial charge in [-0.25, -0.2) is 4.79 Å². The van der Waals surface area contributed by atoms with Crippen LogP contribution in [0.25, 0.3) is 0 Å². The summed E-state index contributed by atoms with van der Waals surface area (Å²) >= 11 is 0. The molecule has 0 radical (unpaired) electrons. The maximum Gasteiger partial charge on any atom is 0.348 e. The molecule has 0 bridgehead atoms. The van der Waals surface area contributed by atoms with Crippen LogP contribution in [0.3, 0.4) is 0 Å². The van der Waals surface area contributed by atoms with Crippen molar-refractivity contribution in [1.82, 2.24) is 0 Å². The molecule has 0 spiro atoms. The Hall–Kier alpha value is -1.06. The molecule has 0 aromatic carbocycles. The van der Waals surface area contributed by atoms with E-state index in [1.807, 2.05) is 20.8 Å². The predicted molar refractivity (Wildman–Crippen MR) is 61.2 cm³/mol. The van der Waals surface area contributed by atoms with Gasteiger partial charge in [-0.15, -0.1) is 0 Å². The smallest absolute Gasteiger partial charge is 0.348 e. The molecule has 0 unspecified atom stereocenters. The van der Waals surface area contributed by atoms with Crippen molar-refractivity contribution in [2.24, 2.45) is 11.3 Å². The normalized spacial score (nSPS) is 32.2. The monoisotopic (exact) mass is 240 g/mol. The van der Waals surface area contributed by atoms with Crippen molar-refractivity contribution in [2.45, 2.75) is 58.7 Å². The van der Waals surface area contributed by atoms with Crippen molar-refractivity contribution in [1.29, 1.82) is 0 Å². The van der Waals surface area contributed by atoms with Crippen LogP contribution in [0.15, 0.2) is 0 Å². The first-order valence-corrected chi connectivity index (χ1v) is 6.37. The van der Waals surface area contributed by atoms with Gasteiger partial charge in [-0.1, -0.05) is 6.92 Å². The van der Waals surface area contributed by atoms with Crippen molar-refractivity contribution >= 4 is 11.9 Å². The summed E-state index contributed by atoms with van der Waals surface area (Å²) in [4.78, 5) is 23.6. The molecule has 2 fully saturated rings. The molecule has 17 heavy (non-hydrogen) atoms. The first-order valence-electron chi connectivity index (χ1n) is 6.37. The van der Waals surface area contributed by atoms with Gasteiger partial charge in [0.05, 0.1) is 5.41 Å². The fraction of sp³-hybridized carbons (Fsp3) is 0.846. The lowest BCUT2D eigenvalue weighted by Gasteiger charge is -2.23. The molecule has 4 heteroatoms. The summed E-state index contributed by atoms with van der Waals surface area (Å²) in [6, 6.07) is 0. The van der Waals surface area contributed by atoms with E-state index in [1.54, 1.807) is 0 Å². The van der Waals surface area contributed by atoms with Crippen LogP contribution in [-0.2, 0) is 19.1 Å². The lowest BCUT2D eigenvalue weighted by Crippen LogP contribution is -2.35. The Kier molecular flexibility index (Phi) is 3.15. The molecule has 2 aliphatic rings. The largest absolute Gasteiger partial charge is 0.459 e. The van der Waals surface area contributed by atoms with Crippen LogP contribution >= 0.6 is 0 Å². The maximum atomic E-state index is 12.0. The summed E-state index contributed by atoms with van der Waals surface area (Å²) in [5, 5.41) is 0. The van der Waals surface area contributed by atoms with Gasteiger partial charge in [0, 0.05) is 5.92 Å². The quantitative estimate of drug-likeness (QED) is 0.708. The van der Waals surface area contributed by atoms with Gasteiger partial charge in [0.15, 0.2) is 0 Å². The molecule has 0 aromatic heterocycles. The van der Waals surface area contributed by atoms with Crippen molar-refractivity contribution in [2.75, 3.05) is 0 Å². The Morgan fingerprint density at radius 1 is 1.47 bits per heavy atom. The van der Waals surface area contributed by atoms with Crippen LogP contribution in [-0.4, -0.2) is 24.1 Å². The lowest BCUT2D eigenvalue weighted by atomic mass is 9.90. The summed E-state index contributed by atoms with van der Waals surface area (Å²) in [5.41, 5.74) is -0.531. The van der Waals surface area contributed by atoms with Crippen LogP contribution in [0.4, 0.5) is 0 Å². The summed E-state index contributed by atoms with van der Waals surface area (Å²) in [6.45, 7) is 5.61. The Morgan fingerprint density at radius 3 is 2.82 bits per heavy atom. The molecule has 0 N–H and O–H groups in total. The van der Waals surface area contributed by atoms with Gasteiger partial charge in [-0.2, -0.15) is 0 Å².